The molecule has 0 radical (unpaired) electrons. The Balaban J connectivity index is 2.06. The van der Waals surface area contributed by atoms with Gasteiger partial charge in [0.05, 0.1) is 6.10 Å². The van der Waals surface area contributed by atoms with Crippen LogP contribution < -0.4 is 10.6 Å². The Morgan fingerprint density at radius 2 is 2.00 bits per heavy atom. The van der Waals surface area contributed by atoms with E-state index < -0.39 is 12.1 Å². The Morgan fingerprint density at radius 3 is 2.56 bits per heavy atom. The maximum absolute atomic E-state index is 12.4. The molecule has 7 nitrogen and oxygen atoms in total. The number of aromatic nitrogens is 3. The molecular formula is C18H27N5O2. The molecule has 25 heavy (non-hydrogen) atoms. The molecule has 0 spiro atoms. The van der Waals surface area contributed by atoms with Crippen LogP contribution in [0, 0.1) is 12.3 Å². The summed E-state index contributed by atoms with van der Waals surface area (Å²) in [4.78, 5) is 16.7. The first-order valence-electron chi connectivity index (χ1n) is 8.43. The normalized spacial score (nSPS) is 14.0. The van der Waals surface area contributed by atoms with Gasteiger partial charge in [0.15, 0.2) is 5.82 Å². The molecule has 1 heterocycles. The molecule has 1 aromatic carbocycles. The van der Waals surface area contributed by atoms with E-state index in [1.807, 2.05) is 51.1 Å². The molecule has 2 atom stereocenters. The van der Waals surface area contributed by atoms with Crippen LogP contribution in [0.15, 0.2) is 30.3 Å². The van der Waals surface area contributed by atoms with E-state index in [4.69, 9.17) is 0 Å². The first kappa shape index (κ1) is 18.9. The summed E-state index contributed by atoms with van der Waals surface area (Å²) in [7, 11) is 0. The van der Waals surface area contributed by atoms with E-state index in [1.54, 1.807) is 6.92 Å². The zero-order valence-corrected chi connectivity index (χ0v) is 15.2. The molecule has 136 valence electrons. The number of carbonyl (C=O) groups excluding carboxylic acids is 1. The van der Waals surface area contributed by atoms with E-state index in [1.165, 1.54) is 0 Å². The summed E-state index contributed by atoms with van der Waals surface area (Å²) in [6.07, 6.45) is 0.198. The average molecular weight is 345 g/mol. The highest BCUT2D eigenvalue weighted by atomic mass is 16.3. The van der Waals surface area contributed by atoms with Crippen LogP contribution in [-0.2, 0) is 0 Å². The molecule has 0 saturated carbocycles. The summed E-state index contributed by atoms with van der Waals surface area (Å²) < 4.78 is 0. The van der Waals surface area contributed by atoms with E-state index in [-0.39, 0.29) is 11.4 Å². The third-order valence-electron chi connectivity index (χ3n) is 3.86. The molecular weight excluding hydrogens is 318 g/mol. The molecule has 2 amide bonds. The number of nitrogens with zero attached hydrogens (tertiary/aromatic N) is 2. The molecule has 1 aromatic heterocycles. The van der Waals surface area contributed by atoms with Crippen molar-refractivity contribution in [3.8, 4) is 0 Å². The summed E-state index contributed by atoms with van der Waals surface area (Å²) in [5.74, 6) is 1.21. The van der Waals surface area contributed by atoms with E-state index in [0.29, 0.717) is 24.6 Å². The molecule has 2 unspecified atom stereocenters. The average Bonchev–Trinajstić information content (AvgIpc) is 2.96. The summed E-state index contributed by atoms with van der Waals surface area (Å²) in [5, 5.41) is 22.4. The standard InChI is InChI=1S/C18H27N5O2/c1-12(24)10-18(3,4)11-19-17(25)21-15(14-8-6-5-7-9-14)16-20-13(2)22-23-16/h5-9,12,15,24H,10-11H2,1-4H3,(H2,19,21,25)(H,20,22,23). The number of nitrogens with one attached hydrogen (secondary N) is 3. The number of aryl methyl sites for hydroxylation is 1. The Hall–Kier alpha value is -2.41. The summed E-state index contributed by atoms with van der Waals surface area (Å²) in [6, 6.07) is 8.85. The minimum Gasteiger partial charge on any atom is -0.393 e. The van der Waals surface area contributed by atoms with Crippen LogP contribution in [0.5, 0.6) is 0 Å². The molecule has 0 saturated heterocycles. The summed E-state index contributed by atoms with van der Waals surface area (Å²) in [6.45, 7) is 8.04. The van der Waals surface area contributed by atoms with Crippen LogP contribution in [0.4, 0.5) is 4.79 Å². The molecule has 7 heteroatoms. The maximum atomic E-state index is 12.4. The van der Waals surface area contributed by atoms with Gasteiger partial charge in [0.1, 0.15) is 11.9 Å². The number of H-pyrrole nitrogens is 1. The number of amides is 2. The SMILES string of the molecule is Cc1nc(C(NC(=O)NCC(C)(C)CC(C)O)c2ccccc2)n[nH]1. The van der Waals surface area contributed by atoms with Gasteiger partial charge in [0.2, 0.25) is 0 Å². The third kappa shape index (κ3) is 5.86. The van der Waals surface area contributed by atoms with Crippen molar-refractivity contribution < 1.29 is 9.90 Å². The van der Waals surface area contributed by atoms with Gasteiger partial charge < -0.3 is 15.7 Å². The predicted octanol–water partition coefficient (Wildman–Crippen LogP) is 2.30. The van der Waals surface area contributed by atoms with Gasteiger partial charge in [-0.15, -0.1) is 0 Å². The van der Waals surface area contributed by atoms with Crippen LogP contribution in [0.25, 0.3) is 0 Å². The van der Waals surface area contributed by atoms with Gasteiger partial charge in [0.25, 0.3) is 0 Å². The van der Waals surface area contributed by atoms with Crippen molar-refractivity contribution in [1.82, 2.24) is 25.8 Å². The minimum absolute atomic E-state index is 0.199. The zero-order chi connectivity index (χ0) is 18.4. The number of benzene rings is 1. The molecule has 0 bridgehead atoms. The van der Waals surface area contributed by atoms with Gasteiger partial charge in [-0.1, -0.05) is 44.2 Å². The number of aliphatic hydroxyl groups is 1. The number of urea groups is 1. The van der Waals surface area contributed by atoms with Crippen LogP contribution in [0.3, 0.4) is 0 Å². The molecule has 0 fully saturated rings. The predicted molar refractivity (Wildman–Crippen MR) is 96.0 cm³/mol. The number of hydrogen-bond donors (Lipinski definition) is 4. The van der Waals surface area contributed by atoms with Crippen LogP contribution in [-0.4, -0.2) is 39.0 Å². The third-order valence-corrected chi connectivity index (χ3v) is 3.86. The number of carbonyl (C=O) groups is 1. The lowest BCUT2D eigenvalue weighted by Crippen LogP contribution is -2.43. The van der Waals surface area contributed by atoms with Crippen molar-refractivity contribution in [2.45, 2.75) is 46.3 Å². The van der Waals surface area contributed by atoms with Gasteiger partial charge >= 0.3 is 6.03 Å². The number of aliphatic hydroxyl groups excluding tert-OH is 1. The van der Waals surface area contributed by atoms with Crippen LogP contribution >= 0.6 is 0 Å². The van der Waals surface area contributed by atoms with Crippen LogP contribution in [0.1, 0.15) is 50.4 Å². The Labute approximate surface area is 148 Å². The second kappa shape index (κ2) is 8.11. The van der Waals surface area contributed by atoms with E-state index in [9.17, 15) is 9.90 Å². The van der Waals surface area contributed by atoms with Crippen molar-refractivity contribution in [2.75, 3.05) is 6.54 Å². The van der Waals surface area contributed by atoms with Crippen molar-refractivity contribution in [2.24, 2.45) is 5.41 Å². The molecule has 2 rings (SSSR count). The highest BCUT2D eigenvalue weighted by molar-refractivity contribution is 5.74. The maximum Gasteiger partial charge on any atom is 0.315 e. The Morgan fingerprint density at radius 1 is 1.32 bits per heavy atom. The second-order valence-corrected chi connectivity index (χ2v) is 7.17. The summed E-state index contributed by atoms with van der Waals surface area (Å²) >= 11 is 0. The lowest BCUT2D eigenvalue weighted by atomic mass is 9.87. The lowest BCUT2D eigenvalue weighted by molar-refractivity contribution is 0.128. The highest BCUT2D eigenvalue weighted by Gasteiger charge is 2.24. The second-order valence-electron chi connectivity index (χ2n) is 7.17. The first-order valence-corrected chi connectivity index (χ1v) is 8.43. The fraction of sp³-hybridized carbons (Fsp3) is 0.500. The van der Waals surface area contributed by atoms with E-state index in [2.05, 4.69) is 25.8 Å². The highest BCUT2D eigenvalue weighted by Crippen LogP contribution is 2.22. The largest absolute Gasteiger partial charge is 0.393 e. The van der Waals surface area contributed by atoms with Gasteiger partial charge in [-0.3, -0.25) is 5.10 Å². The monoisotopic (exact) mass is 345 g/mol. The van der Waals surface area contributed by atoms with Gasteiger partial charge in [-0.2, -0.15) is 5.10 Å². The van der Waals surface area contributed by atoms with Crippen molar-refractivity contribution in [3.63, 3.8) is 0 Å². The molecule has 0 aliphatic carbocycles. The smallest absolute Gasteiger partial charge is 0.315 e. The Bertz CT molecular complexity index is 682. The van der Waals surface area contributed by atoms with E-state index >= 15 is 0 Å². The lowest BCUT2D eigenvalue weighted by Gasteiger charge is -2.27. The van der Waals surface area contributed by atoms with Gasteiger partial charge in [-0.05, 0) is 31.2 Å². The molecule has 4 N–H and O–H groups in total. The minimum atomic E-state index is -0.439. The fourth-order valence-corrected chi connectivity index (χ4v) is 2.81. The molecule has 2 aromatic rings. The van der Waals surface area contributed by atoms with Gasteiger partial charge in [0, 0.05) is 6.54 Å². The number of aromatic amines is 1. The van der Waals surface area contributed by atoms with Gasteiger partial charge in [-0.25, -0.2) is 9.78 Å². The van der Waals surface area contributed by atoms with Crippen molar-refractivity contribution >= 4 is 6.03 Å². The van der Waals surface area contributed by atoms with Crippen molar-refractivity contribution in [1.29, 1.82) is 0 Å². The number of hydrogen-bond acceptors (Lipinski definition) is 4. The van der Waals surface area contributed by atoms with Crippen molar-refractivity contribution in [3.05, 3.63) is 47.5 Å². The molecule has 0 aliphatic heterocycles. The molecule has 0 aliphatic rings. The quantitative estimate of drug-likeness (QED) is 0.618. The van der Waals surface area contributed by atoms with Crippen LogP contribution in [0.2, 0.25) is 0 Å². The van der Waals surface area contributed by atoms with E-state index in [0.717, 1.165) is 5.56 Å². The number of rotatable bonds is 7. The fourth-order valence-electron chi connectivity index (χ4n) is 2.81. The summed E-state index contributed by atoms with van der Waals surface area (Å²) in [5.41, 5.74) is 0.703. The zero-order valence-electron chi connectivity index (χ0n) is 15.2. The topological polar surface area (TPSA) is 103 Å². The Kier molecular flexibility index (Phi) is 6.14. The first-order chi connectivity index (χ1) is 11.8.